The van der Waals surface area contributed by atoms with E-state index in [1.807, 2.05) is 19.9 Å². The molecule has 0 fully saturated rings. The van der Waals surface area contributed by atoms with Gasteiger partial charge in [0, 0.05) is 0 Å². The summed E-state index contributed by atoms with van der Waals surface area (Å²) in [6.45, 7) is 4.10. The average Bonchev–Trinajstić information content (AvgIpc) is 2.72. The van der Waals surface area contributed by atoms with Gasteiger partial charge >= 0.3 is 5.97 Å². The van der Waals surface area contributed by atoms with E-state index in [1.54, 1.807) is 12.1 Å². The molecular weight excluding hydrogens is 270 g/mol. The molecule has 2 rings (SSSR count). The van der Waals surface area contributed by atoms with Crippen molar-refractivity contribution in [2.75, 3.05) is 18.1 Å². The number of unbranched alkanes of at least 4 members (excludes halogenated alkanes) is 1. The highest BCUT2D eigenvalue weighted by molar-refractivity contribution is 6.52. The molecule has 0 unspecified atom stereocenters. The Hall–Kier alpha value is -2.17. The van der Waals surface area contributed by atoms with Crippen LogP contribution in [0.25, 0.3) is 0 Å². The maximum absolute atomic E-state index is 12.0. The Morgan fingerprint density at radius 2 is 2.00 bits per heavy atom. The number of hydrogen-bond donors (Lipinski definition) is 0. The van der Waals surface area contributed by atoms with E-state index in [0.29, 0.717) is 17.9 Å². The largest absolute Gasteiger partial charge is 0.464 e. The Bertz CT molecular complexity index is 580. The van der Waals surface area contributed by atoms with Crippen molar-refractivity contribution in [2.45, 2.75) is 33.1 Å². The second-order valence-corrected chi connectivity index (χ2v) is 5.00. The molecule has 1 aromatic carbocycles. The van der Waals surface area contributed by atoms with Gasteiger partial charge in [-0.3, -0.25) is 19.3 Å². The number of ketones is 1. The summed E-state index contributed by atoms with van der Waals surface area (Å²) in [6.07, 6.45) is 2.50. The normalized spacial score (nSPS) is 13.5. The number of fused-ring (bicyclic) bond motifs is 1. The number of benzene rings is 1. The van der Waals surface area contributed by atoms with Crippen LogP contribution in [0.2, 0.25) is 0 Å². The minimum atomic E-state index is -0.661. The van der Waals surface area contributed by atoms with Gasteiger partial charge < -0.3 is 4.74 Å². The second kappa shape index (κ2) is 6.52. The number of Topliss-reactive ketones (excluding diaryl/α,β-unsaturated/α-hetero) is 1. The fourth-order valence-corrected chi connectivity index (χ4v) is 2.23. The van der Waals surface area contributed by atoms with Crippen molar-refractivity contribution < 1.29 is 19.1 Å². The van der Waals surface area contributed by atoms with Gasteiger partial charge in [-0.15, -0.1) is 0 Å². The minimum Gasteiger partial charge on any atom is -0.464 e. The molecule has 0 saturated carbocycles. The fraction of sp³-hybridized carbons (Fsp3) is 0.438. The molecule has 21 heavy (non-hydrogen) atoms. The van der Waals surface area contributed by atoms with Crippen molar-refractivity contribution in [3.63, 3.8) is 0 Å². The van der Waals surface area contributed by atoms with Crippen molar-refractivity contribution in [1.82, 2.24) is 0 Å². The van der Waals surface area contributed by atoms with Crippen LogP contribution in [0.4, 0.5) is 5.69 Å². The van der Waals surface area contributed by atoms with Gasteiger partial charge in [0.05, 0.1) is 17.9 Å². The van der Waals surface area contributed by atoms with Gasteiger partial charge in [-0.05, 0) is 30.5 Å². The van der Waals surface area contributed by atoms with E-state index >= 15 is 0 Å². The first-order chi connectivity index (χ1) is 10.1. The highest BCUT2D eigenvalue weighted by atomic mass is 16.5. The molecule has 112 valence electrons. The molecular formula is C16H19NO4. The molecule has 0 aliphatic carbocycles. The SMILES string of the molecule is CCCCOC(=O)CN1C(=O)C(=O)c2cc(CC)ccc21. The van der Waals surface area contributed by atoms with E-state index in [1.165, 1.54) is 4.90 Å². The molecule has 0 saturated heterocycles. The molecule has 5 heteroatoms. The first-order valence-corrected chi connectivity index (χ1v) is 7.23. The number of amides is 1. The van der Waals surface area contributed by atoms with Crippen LogP contribution in [0.1, 0.15) is 42.6 Å². The van der Waals surface area contributed by atoms with Crippen LogP contribution in [0.15, 0.2) is 18.2 Å². The first-order valence-electron chi connectivity index (χ1n) is 7.23. The van der Waals surface area contributed by atoms with Crippen LogP contribution in [0, 0.1) is 0 Å². The molecule has 0 N–H and O–H groups in total. The van der Waals surface area contributed by atoms with Gasteiger partial charge in [0.25, 0.3) is 11.7 Å². The molecule has 0 atom stereocenters. The third-order valence-corrected chi connectivity index (χ3v) is 3.49. The predicted molar refractivity (Wildman–Crippen MR) is 78.4 cm³/mol. The molecule has 1 aliphatic rings. The molecule has 0 bridgehead atoms. The number of rotatable bonds is 6. The van der Waals surface area contributed by atoms with Crippen LogP contribution in [0.5, 0.6) is 0 Å². The van der Waals surface area contributed by atoms with Crippen LogP contribution < -0.4 is 4.90 Å². The van der Waals surface area contributed by atoms with E-state index in [-0.39, 0.29) is 6.54 Å². The molecule has 5 nitrogen and oxygen atoms in total. The van der Waals surface area contributed by atoms with E-state index in [0.717, 1.165) is 24.8 Å². The van der Waals surface area contributed by atoms with Crippen LogP contribution >= 0.6 is 0 Å². The summed E-state index contributed by atoms with van der Waals surface area (Å²) in [5.41, 5.74) is 1.86. The van der Waals surface area contributed by atoms with Gasteiger partial charge in [-0.25, -0.2) is 0 Å². The molecule has 1 heterocycles. The Balaban J connectivity index is 2.14. The number of hydrogen-bond acceptors (Lipinski definition) is 4. The highest BCUT2D eigenvalue weighted by Gasteiger charge is 2.37. The maximum atomic E-state index is 12.0. The van der Waals surface area contributed by atoms with E-state index in [2.05, 4.69) is 0 Å². The van der Waals surface area contributed by atoms with Gasteiger partial charge in [-0.2, -0.15) is 0 Å². The summed E-state index contributed by atoms with van der Waals surface area (Å²) >= 11 is 0. The van der Waals surface area contributed by atoms with Crippen LogP contribution in [-0.2, 0) is 20.7 Å². The monoisotopic (exact) mass is 289 g/mol. The number of aryl methyl sites for hydroxylation is 1. The zero-order chi connectivity index (χ0) is 15.4. The molecule has 0 radical (unpaired) electrons. The number of nitrogens with zero attached hydrogens (tertiary/aromatic N) is 1. The standard InChI is InChI=1S/C16H19NO4/c1-3-5-8-21-14(18)10-17-13-7-6-11(4-2)9-12(13)15(19)16(17)20/h6-7,9H,3-5,8,10H2,1-2H3. The summed E-state index contributed by atoms with van der Waals surface area (Å²) in [4.78, 5) is 36.9. The molecule has 0 aromatic heterocycles. The predicted octanol–water partition coefficient (Wildman–Crippen LogP) is 2.12. The van der Waals surface area contributed by atoms with Gasteiger partial charge in [0.1, 0.15) is 6.54 Å². The summed E-state index contributed by atoms with van der Waals surface area (Å²) in [5.74, 6) is -1.70. The van der Waals surface area contributed by atoms with E-state index in [9.17, 15) is 14.4 Å². The Morgan fingerprint density at radius 1 is 1.24 bits per heavy atom. The number of ether oxygens (including phenoxy) is 1. The molecule has 1 aromatic rings. The van der Waals surface area contributed by atoms with Crippen molar-refractivity contribution in [1.29, 1.82) is 0 Å². The smallest absolute Gasteiger partial charge is 0.326 e. The highest BCUT2D eigenvalue weighted by Crippen LogP contribution is 2.29. The maximum Gasteiger partial charge on any atom is 0.326 e. The molecule has 1 aliphatic heterocycles. The topological polar surface area (TPSA) is 63.7 Å². The Labute approximate surface area is 123 Å². The first kappa shape index (κ1) is 15.2. The molecule has 1 amide bonds. The van der Waals surface area contributed by atoms with E-state index < -0.39 is 17.7 Å². The summed E-state index contributed by atoms with van der Waals surface area (Å²) < 4.78 is 5.04. The number of anilines is 1. The van der Waals surface area contributed by atoms with E-state index in [4.69, 9.17) is 4.74 Å². The molecule has 0 spiro atoms. The lowest BCUT2D eigenvalue weighted by Gasteiger charge is -2.15. The summed E-state index contributed by atoms with van der Waals surface area (Å²) in [6, 6.07) is 5.30. The van der Waals surface area contributed by atoms with Crippen LogP contribution in [0.3, 0.4) is 0 Å². The quantitative estimate of drug-likeness (QED) is 0.457. The summed E-state index contributed by atoms with van der Waals surface area (Å²) in [5, 5.41) is 0. The Kier molecular flexibility index (Phi) is 4.73. The van der Waals surface area contributed by atoms with Crippen molar-refractivity contribution >= 4 is 23.3 Å². The Morgan fingerprint density at radius 3 is 2.67 bits per heavy atom. The minimum absolute atomic E-state index is 0.216. The van der Waals surface area contributed by atoms with Crippen molar-refractivity contribution in [2.24, 2.45) is 0 Å². The lowest BCUT2D eigenvalue weighted by molar-refractivity contribution is -0.142. The van der Waals surface area contributed by atoms with Crippen molar-refractivity contribution in [3.8, 4) is 0 Å². The number of carbonyl (C=O) groups is 3. The number of esters is 1. The van der Waals surface area contributed by atoms with Crippen molar-refractivity contribution in [3.05, 3.63) is 29.3 Å². The lowest BCUT2D eigenvalue weighted by atomic mass is 10.1. The fourth-order valence-electron chi connectivity index (χ4n) is 2.23. The van der Waals surface area contributed by atoms with Gasteiger partial charge in [-0.1, -0.05) is 26.3 Å². The third-order valence-electron chi connectivity index (χ3n) is 3.49. The second-order valence-electron chi connectivity index (χ2n) is 5.00. The zero-order valence-electron chi connectivity index (χ0n) is 12.3. The number of carbonyl (C=O) groups excluding carboxylic acids is 3. The van der Waals surface area contributed by atoms with Crippen LogP contribution in [-0.4, -0.2) is 30.8 Å². The van der Waals surface area contributed by atoms with Gasteiger partial charge in [0.2, 0.25) is 0 Å². The lowest BCUT2D eigenvalue weighted by Crippen LogP contribution is -2.35. The third kappa shape index (κ3) is 3.12. The summed E-state index contributed by atoms with van der Waals surface area (Å²) in [7, 11) is 0. The van der Waals surface area contributed by atoms with Gasteiger partial charge in [0.15, 0.2) is 0 Å². The average molecular weight is 289 g/mol. The zero-order valence-corrected chi connectivity index (χ0v) is 12.3.